The molecular weight excluding hydrogens is 376 g/mol. The zero-order valence-electron chi connectivity index (χ0n) is 16.2. The fraction of sp³-hybridized carbons (Fsp3) is 0.0769. The molecule has 1 heterocycles. The molecule has 30 heavy (non-hydrogen) atoms. The van der Waals surface area contributed by atoms with Crippen LogP contribution < -0.4 is 4.74 Å². The van der Waals surface area contributed by atoms with Crippen molar-refractivity contribution in [3.05, 3.63) is 101 Å². The molecule has 0 fully saturated rings. The van der Waals surface area contributed by atoms with E-state index in [2.05, 4.69) is 25.1 Å². The molecule has 1 aliphatic heterocycles. The molecule has 3 N–H and O–H groups in total. The van der Waals surface area contributed by atoms with Gasteiger partial charge in [-0.2, -0.15) is 0 Å². The molecule has 0 saturated heterocycles. The van der Waals surface area contributed by atoms with Crippen molar-refractivity contribution >= 4 is 0 Å². The van der Waals surface area contributed by atoms with Gasteiger partial charge < -0.3 is 20.1 Å². The van der Waals surface area contributed by atoms with Crippen LogP contribution in [0.5, 0.6) is 28.7 Å². The highest BCUT2D eigenvalue weighted by Gasteiger charge is 2.47. The highest BCUT2D eigenvalue weighted by atomic mass is 16.5. The van der Waals surface area contributed by atoms with E-state index >= 15 is 0 Å². The number of phenolic OH excluding ortho intramolecular Hbond substituents is 3. The molecule has 1 unspecified atom stereocenters. The number of rotatable bonds is 1. The molecule has 0 aromatic heterocycles. The Morgan fingerprint density at radius 1 is 0.633 bits per heavy atom. The lowest BCUT2D eigenvalue weighted by atomic mass is 9.67. The van der Waals surface area contributed by atoms with Crippen molar-refractivity contribution in [2.24, 2.45) is 0 Å². The van der Waals surface area contributed by atoms with E-state index in [9.17, 15) is 15.3 Å². The molecule has 4 aromatic carbocycles. The van der Waals surface area contributed by atoms with Gasteiger partial charge in [0.2, 0.25) is 0 Å². The maximum Gasteiger partial charge on any atom is 0.169 e. The summed E-state index contributed by atoms with van der Waals surface area (Å²) in [6.07, 6.45) is 0. The maximum absolute atomic E-state index is 10.4. The summed E-state index contributed by atoms with van der Waals surface area (Å²) in [6.45, 7) is 2.06. The van der Waals surface area contributed by atoms with Crippen LogP contribution in [0, 0.1) is 6.92 Å². The Morgan fingerprint density at radius 3 is 2.07 bits per heavy atom. The quantitative estimate of drug-likeness (QED) is 0.318. The summed E-state index contributed by atoms with van der Waals surface area (Å²) in [7, 11) is 0. The van der Waals surface area contributed by atoms with Gasteiger partial charge in [-0.15, -0.1) is 0 Å². The van der Waals surface area contributed by atoms with Gasteiger partial charge in [0.1, 0.15) is 5.75 Å². The summed E-state index contributed by atoms with van der Waals surface area (Å²) in [5.74, 6) is 0.759. The van der Waals surface area contributed by atoms with Gasteiger partial charge in [-0.25, -0.2) is 0 Å². The Balaban J connectivity index is 1.84. The summed E-state index contributed by atoms with van der Waals surface area (Å²) in [5, 5.41) is 30.7. The van der Waals surface area contributed by atoms with Crippen LogP contribution in [0.4, 0.5) is 0 Å². The average molecular weight is 394 g/mol. The molecule has 1 atom stereocenters. The minimum Gasteiger partial charge on any atom is -0.504 e. The highest BCUT2D eigenvalue weighted by molar-refractivity contribution is 5.87. The van der Waals surface area contributed by atoms with Gasteiger partial charge in [0.05, 0.1) is 5.41 Å². The Labute approximate surface area is 173 Å². The predicted molar refractivity (Wildman–Crippen MR) is 114 cm³/mol. The third kappa shape index (κ3) is 2.00. The van der Waals surface area contributed by atoms with E-state index in [4.69, 9.17) is 4.74 Å². The van der Waals surface area contributed by atoms with Gasteiger partial charge in [0.25, 0.3) is 0 Å². The predicted octanol–water partition coefficient (Wildman–Crippen LogP) is 5.58. The minimum absolute atomic E-state index is 0.0671. The zero-order valence-corrected chi connectivity index (χ0v) is 16.2. The number of fused-ring (bicyclic) bond motifs is 7. The number of ether oxygens (including phenoxy) is 1. The highest BCUT2D eigenvalue weighted by Crippen LogP contribution is 2.59. The van der Waals surface area contributed by atoms with Gasteiger partial charge in [0.15, 0.2) is 23.0 Å². The lowest BCUT2D eigenvalue weighted by Gasteiger charge is -2.35. The maximum atomic E-state index is 10.4. The van der Waals surface area contributed by atoms with Crippen LogP contribution in [0.25, 0.3) is 11.1 Å². The number of aromatic hydroxyl groups is 3. The van der Waals surface area contributed by atoms with Crippen LogP contribution in [0.2, 0.25) is 0 Å². The summed E-state index contributed by atoms with van der Waals surface area (Å²) < 4.78 is 5.97. The van der Waals surface area contributed by atoms with Crippen molar-refractivity contribution in [2.75, 3.05) is 0 Å². The molecule has 0 saturated carbocycles. The van der Waals surface area contributed by atoms with E-state index in [1.54, 1.807) is 12.1 Å². The first kappa shape index (κ1) is 17.0. The van der Waals surface area contributed by atoms with Crippen molar-refractivity contribution < 1.29 is 20.1 Å². The Morgan fingerprint density at radius 2 is 1.30 bits per heavy atom. The first-order valence-corrected chi connectivity index (χ1v) is 9.78. The average Bonchev–Trinajstić information content (AvgIpc) is 2.99. The third-order valence-corrected chi connectivity index (χ3v) is 6.29. The zero-order chi connectivity index (χ0) is 20.6. The number of hydrogen-bond donors (Lipinski definition) is 3. The van der Waals surface area contributed by atoms with E-state index in [0.29, 0.717) is 11.5 Å². The SMILES string of the molecule is Cc1ccc2c(c1)C1(c3ccc(O)c(O)c3)c3ccc(O)c(c3)Oc3ccc-2c1c3. The smallest absolute Gasteiger partial charge is 0.169 e. The van der Waals surface area contributed by atoms with Crippen LogP contribution in [0.1, 0.15) is 27.8 Å². The molecule has 4 nitrogen and oxygen atoms in total. The van der Waals surface area contributed by atoms with E-state index in [1.165, 1.54) is 6.07 Å². The second-order valence-corrected chi connectivity index (χ2v) is 7.99. The van der Waals surface area contributed by atoms with Crippen LogP contribution in [0.15, 0.2) is 72.8 Å². The van der Waals surface area contributed by atoms with Crippen molar-refractivity contribution in [1.29, 1.82) is 0 Å². The fourth-order valence-electron chi connectivity index (χ4n) is 4.98. The van der Waals surface area contributed by atoms with Crippen molar-refractivity contribution in [3.63, 3.8) is 0 Å². The molecule has 0 amide bonds. The van der Waals surface area contributed by atoms with Crippen molar-refractivity contribution in [1.82, 2.24) is 0 Å². The van der Waals surface area contributed by atoms with Crippen molar-refractivity contribution in [3.8, 4) is 39.9 Å². The first-order valence-electron chi connectivity index (χ1n) is 9.78. The molecule has 0 radical (unpaired) electrons. The molecule has 1 aliphatic carbocycles. The van der Waals surface area contributed by atoms with Gasteiger partial charge in [-0.1, -0.05) is 42.0 Å². The topological polar surface area (TPSA) is 69.9 Å². The molecule has 4 heteroatoms. The molecule has 6 rings (SSSR count). The molecule has 4 bridgehead atoms. The lowest BCUT2D eigenvalue weighted by molar-refractivity contribution is 0.402. The Hall–Kier alpha value is -3.92. The lowest BCUT2D eigenvalue weighted by Crippen LogP contribution is -2.29. The monoisotopic (exact) mass is 394 g/mol. The molecule has 0 spiro atoms. The van der Waals surface area contributed by atoms with Gasteiger partial charge in [0, 0.05) is 0 Å². The van der Waals surface area contributed by atoms with Crippen LogP contribution in [-0.2, 0) is 5.41 Å². The molecule has 146 valence electrons. The molecule has 4 aromatic rings. The van der Waals surface area contributed by atoms with E-state index in [-0.39, 0.29) is 17.2 Å². The van der Waals surface area contributed by atoms with Crippen LogP contribution in [0.3, 0.4) is 0 Å². The second-order valence-electron chi connectivity index (χ2n) is 7.99. The standard InChI is InChI=1S/C26H18O4/c1-14-2-6-18-19-7-5-17-13-21(19)26(20(18)10-14,15-3-8-22(27)24(29)11-15)16-4-9-23(28)25(12-16)30-17/h2-13,27-29H,1H3. The van der Waals surface area contributed by atoms with E-state index < -0.39 is 5.41 Å². The number of hydrogen-bond acceptors (Lipinski definition) is 4. The van der Waals surface area contributed by atoms with Gasteiger partial charge >= 0.3 is 0 Å². The summed E-state index contributed by atoms with van der Waals surface area (Å²) >= 11 is 0. The normalized spacial score (nSPS) is 17.6. The first-order chi connectivity index (χ1) is 14.5. The minimum atomic E-state index is -0.718. The number of aryl methyl sites for hydroxylation is 1. The van der Waals surface area contributed by atoms with Crippen LogP contribution >= 0.6 is 0 Å². The molecular formula is C26H18O4. The summed E-state index contributed by atoms with van der Waals surface area (Å²) in [6, 6.07) is 22.8. The number of benzene rings is 4. The van der Waals surface area contributed by atoms with Crippen molar-refractivity contribution in [2.45, 2.75) is 12.3 Å². The Bertz CT molecular complexity index is 1350. The van der Waals surface area contributed by atoms with Gasteiger partial charge in [-0.3, -0.25) is 0 Å². The largest absolute Gasteiger partial charge is 0.504 e. The summed E-state index contributed by atoms with van der Waals surface area (Å²) in [5.41, 5.74) is 6.51. The fourth-order valence-corrected chi connectivity index (χ4v) is 4.98. The van der Waals surface area contributed by atoms with Crippen LogP contribution in [-0.4, -0.2) is 15.3 Å². The Kier molecular flexibility index (Phi) is 3.16. The third-order valence-electron chi connectivity index (χ3n) is 6.29. The number of phenols is 3. The van der Waals surface area contributed by atoms with Gasteiger partial charge in [-0.05, 0) is 76.7 Å². The van der Waals surface area contributed by atoms with E-state index in [0.717, 1.165) is 38.9 Å². The second kappa shape index (κ2) is 5.57. The molecule has 2 aliphatic rings. The van der Waals surface area contributed by atoms with E-state index in [1.807, 2.05) is 36.4 Å². The summed E-state index contributed by atoms with van der Waals surface area (Å²) in [4.78, 5) is 0.